The average molecular weight is 279 g/mol. The molecular formula is C16H25NOS. The van der Waals surface area contributed by atoms with Crippen molar-refractivity contribution >= 4 is 11.8 Å². The second-order valence-corrected chi connectivity index (χ2v) is 6.42. The third-order valence-electron chi connectivity index (χ3n) is 3.92. The molecule has 1 aliphatic rings. The molecule has 0 radical (unpaired) electrons. The summed E-state index contributed by atoms with van der Waals surface area (Å²) in [4.78, 5) is 0. The van der Waals surface area contributed by atoms with E-state index in [0.717, 1.165) is 24.6 Å². The SMILES string of the molecule is CCC(NCC1CCSCC1)c1ccc(OC)cc1. The molecule has 0 bridgehead atoms. The molecule has 1 heterocycles. The number of hydrogen-bond acceptors (Lipinski definition) is 3. The predicted molar refractivity (Wildman–Crippen MR) is 84.1 cm³/mol. The first-order chi connectivity index (χ1) is 9.33. The van der Waals surface area contributed by atoms with Gasteiger partial charge >= 0.3 is 0 Å². The van der Waals surface area contributed by atoms with E-state index in [4.69, 9.17) is 4.74 Å². The van der Waals surface area contributed by atoms with Crippen molar-refractivity contribution in [2.45, 2.75) is 32.2 Å². The van der Waals surface area contributed by atoms with Gasteiger partial charge in [-0.15, -0.1) is 0 Å². The van der Waals surface area contributed by atoms with E-state index in [-0.39, 0.29) is 0 Å². The molecule has 1 unspecified atom stereocenters. The molecule has 1 aromatic rings. The highest BCUT2D eigenvalue weighted by Crippen LogP contribution is 2.24. The van der Waals surface area contributed by atoms with Crippen LogP contribution in [0.4, 0.5) is 0 Å². The highest BCUT2D eigenvalue weighted by Gasteiger charge is 2.16. The minimum absolute atomic E-state index is 0.473. The minimum atomic E-state index is 0.473. The monoisotopic (exact) mass is 279 g/mol. The lowest BCUT2D eigenvalue weighted by Crippen LogP contribution is -2.29. The van der Waals surface area contributed by atoms with Gasteiger partial charge in [-0.25, -0.2) is 0 Å². The number of hydrogen-bond donors (Lipinski definition) is 1. The van der Waals surface area contributed by atoms with E-state index >= 15 is 0 Å². The summed E-state index contributed by atoms with van der Waals surface area (Å²) in [6.07, 6.45) is 3.88. The molecule has 1 atom stereocenters. The summed E-state index contributed by atoms with van der Waals surface area (Å²) >= 11 is 2.10. The minimum Gasteiger partial charge on any atom is -0.497 e. The molecule has 0 amide bonds. The van der Waals surface area contributed by atoms with Gasteiger partial charge in [0.15, 0.2) is 0 Å². The molecule has 0 spiro atoms. The zero-order chi connectivity index (χ0) is 13.5. The van der Waals surface area contributed by atoms with Crippen molar-refractivity contribution in [3.8, 4) is 5.75 Å². The van der Waals surface area contributed by atoms with Crippen LogP contribution < -0.4 is 10.1 Å². The van der Waals surface area contributed by atoms with Crippen molar-refractivity contribution in [2.24, 2.45) is 5.92 Å². The number of methoxy groups -OCH3 is 1. The van der Waals surface area contributed by atoms with Crippen molar-refractivity contribution in [1.29, 1.82) is 0 Å². The Hall–Kier alpha value is -0.670. The largest absolute Gasteiger partial charge is 0.497 e. The molecule has 19 heavy (non-hydrogen) atoms. The molecule has 1 N–H and O–H groups in total. The lowest BCUT2D eigenvalue weighted by molar-refractivity contribution is 0.402. The summed E-state index contributed by atoms with van der Waals surface area (Å²) < 4.78 is 5.21. The Morgan fingerprint density at radius 3 is 2.53 bits per heavy atom. The second-order valence-electron chi connectivity index (χ2n) is 5.20. The summed E-state index contributed by atoms with van der Waals surface area (Å²) in [5, 5.41) is 3.74. The Kier molecular flexibility index (Phi) is 6.05. The molecule has 1 saturated heterocycles. The normalized spacial score (nSPS) is 18.2. The first-order valence-corrected chi connectivity index (χ1v) is 8.44. The number of nitrogens with one attached hydrogen (secondary N) is 1. The quantitative estimate of drug-likeness (QED) is 0.854. The second kappa shape index (κ2) is 7.81. The zero-order valence-corrected chi connectivity index (χ0v) is 12.8. The molecule has 106 valence electrons. The maximum atomic E-state index is 5.21. The third-order valence-corrected chi connectivity index (χ3v) is 4.97. The van der Waals surface area contributed by atoms with Gasteiger partial charge in [0.2, 0.25) is 0 Å². The van der Waals surface area contributed by atoms with Crippen molar-refractivity contribution in [2.75, 3.05) is 25.2 Å². The highest BCUT2D eigenvalue weighted by atomic mass is 32.2. The lowest BCUT2D eigenvalue weighted by atomic mass is 10.00. The Morgan fingerprint density at radius 1 is 1.26 bits per heavy atom. The van der Waals surface area contributed by atoms with Gasteiger partial charge in [0.25, 0.3) is 0 Å². The lowest BCUT2D eigenvalue weighted by Gasteiger charge is -2.25. The molecule has 0 aromatic heterocycles. The van der Waals surface area contributed by atoms with Crippen LogP contribution in [-0.2, 0) is 0 Å². The van der Waals surface area contributed by atoms with Gasteiger partial charge < -0.3 is 10.1 Å². The highest BCUT2D eigenvalue weighted by molar-refractivity contribution is 7.99. The van der Waals surface area contributed by atoms with Crippen LogP contribution in [0.2, 0.25) is 0 Å². The van der Waals surface area contributed by atoms with Crippen LogP contribution in [0.25, 0.3) is 0 Å². The van der Waals surface area contributed by atoms with Gasteiger partial charge in [0, 0.05) is 6.04 Å². The van der Waals surface area contributed by atoms with Gasteiger partial charge in [-0.2, -0.15) is 11.8 Å². The summed E-state index contributed by atoms with van der Waals surface area (Å²) in [7, 11) is 1.71. The van der Waals surface area contributed by atoms with E-state index in [1.165, 1.54) is 29.9 Å². The van der Waals surface area contributed by atoms with Gasteiger partial charge in [0.1, 0.15) is 5.75 Å². The topological polar surface area (TPSA) is 21.3 Å². The summed E-state index contributed by atoms with van der Waals surface area (Å²) in [6.45, 7) is 3.41. The molecule has 1 aromatic carbocycles. The fourth-order valence-electron chi connectivity index (χ4n) is 2.59. The summed E-state index contributed by atoms with van der Waals surface area (Å²) in [5.41, 5.74) is 1.37. The molecule has 0 saturated carbocycles. The molecule has 1 aliphatic heterocycles. The van der Waals surface area contributed by atoms with Crippen LogP contribution in [0.5, 0.6) is 5.75 Å². The van der Waals surface area contributed by atoms with Gasteiger partial charge in [0.05, 0.1) is 7.11 Å². The van der Waals surface area contributed by atoms with Crippen molar-refractivity contribution < 1.29 is 4.74 Å². The van der Waals surface area contributed by atoms with Gasteiger partial charge in [-0.3, -0.25) is 0 Å². The van der Waals surface area contributed by atoms with E-state index < -0.39 is 0 Å². The predicted octanol–water partition coefficient (Wildman–Crippen LogP) is 3.88. The Balaban J connectivity index is 1.87. The molecule has 2 rings (SSSR count). The summed E-state index contributed by atoms with van der Waals surface area (Å²) in [6, 6.07) is 8.93. The number of benzene rings is 1. The molecule has 3 heteroatoms. The van der Waals surface area contributed by atoms with Gasteiger partial charge in [-0.05, 0) is 60.9 Å². The van der Waals surface area contributed by atoms with E-state index in [2.05, 4.69) is 48.3 Å². The van der Waals surface area contributed by atoms with Crippen LogP contribution in [0.1, 0.15) is 37.8 Å². The van der Waals surface area contributed by atoms with E-state index in [0.29, 0.717) is 6.04 Å². The van der Waals surface area contributed by atoms with Crippen LogP contribution in [-0.4, -0.2) is 25.2 Å². The number of rotatable bonds is 6. The average Bonchev–Trinajstić information content (AvgIpc) is 2.49. The zero-order valence-electron chi connectivity index (χ0n) is 12.0. The Labute approximate surface area is 121 Å². The van der Waals surface area contributed by atoms with Crippen molar-refractivity contribution in [1.82, 2.24) is 5.32 Å². The smallest absolute Gasteiger partial charge is 0.118 e. The molecular weight excluding hydrogens is 254 g/mol. The van der Waals surface area contributed by atoms with Gasteiger partial charge in [-0.1, -0.05) is 19.1 Å². The molecule has 1 fully saturated rings. The maximum Gasteiger partial charge on any atom is 0.118 e. The first kappa shape index (κ1) is 14.7. The fraction of sp³-hybridized carbons (Fsp3) is 0.625. The number of thioether (sulfide) groups is 1. The third kappa shape index (κ3) is 4.43. The van der Waals surface area contributed by atoms with E-state index in [1.54, 1.807) is 7.11 Å². The Bertz CT molecular complexity index is 360. The van der Waals surface area contributed by atoms with Crippen LogP contribution >= 0.6 is 11.8 Å². The van der Waals surface area contributed by atoms with Crippen molar-refractivity contribution in [3.63, 3.8) is 0 Å². The standard InChI is InChI=1S/C16H25NOS/c1-3-16(14-4-6-15(18-2)7-5-14)17-12-13-8-10-19-11-9-13/h4-7,13,16-17H,3,8-12H2,1-2H3. The van der Waals surface area contributed by atoms with E-state index in [9.17, 15) is 0 Å². The van der Waals surface area contributed by atoms with Crippen LogP contribution in [0.3, 0.4) is 0 Å². The van der Waals surface area contributed by atoms with E-state index in [1.807, 2.05) is 0 Å². The summed E-state index contributed by atoms with van der Waals surface area (Å²) in [5.74, 6) is 4.48. The van der Waals surface area contributed by atoms with Crippen LogP contribution in [0, 0.1) is 5.92 Å². The maximum absolute atomic E-state index is 5.21. The Morgan fingerprint density at radius 2 is 1.95 bits per heavy atom. The molecule has 0 aliphatic carbocycles. The van der Waals surface area contributed by atoms with Crippen molar-refractivity contribution in [3.05, 3.63) is 29.8 Å². The first-order valence-electron chi connectivity index (χ1n) is 7.28. The number of ether oxygens (including phenoxy) is 1. The molecule has 2 nitrogen and oxygen atoms in total. The van der Waals surface area contributed by atoms with Crippen LogP contribution in [0.15, 0.2) is 24.3 Å². The fourth-order valence-corrected chi connectivity index (χ4v) is 3.80.